The molecule has 4 bridgehead atoms. The molecule has 2 aromatic rings. The molecule has 0 unspecified atom stereocenters. The second kappa shape index (κ2) is 10.3. The van der Waals surface area contributed by atoms with Gasteiger partial charge >= 0.3 is 0 Å². The highest BCUT2D eigenvalue weighted by Gasteiger charge is 2.54. The molecule has 40 heavy (non-hydrogen) atoms. The number of likely N-dealkylation sites (tertiary alicyclic amines) is 2. The van der Waals surface area contributed by atoms with Gasteiger partial charge in [-0.3, -0.25) is 0 Å². The Bertz CT molecular complexity index is 1340. The summed E-state index contributed by atoms with van der Waals surface area (Å²) in [5, 5.41) is 0. The Morgan fingerprint density at radius 3 is 1.60 bits per heavy atom. The smallest absolute Gasteiger partial charge is 0.119 e. The van der Waals surface area contributed by atoms with E-state index in [-0.39, 0.29) is 10.8 Å². The number of piperidine rings is 2. The van der Waals surface area contributed by atoms with Gasteiger partial charge in [0, 0.05) is 22.9 Å². The molecule has 216 valence electrons. The molecule has 2 aromatic carbocycles. The molecule has 0 amide bonds. The molecule has 8 rings (SSSR count). The molecule has 4 fully saturated rings. The summed E-state index contributed by atoms with van der Waals surface area (Å²) >= 11 is 0. The Balaban J connectivity index is 0.000000147. The van der Waals surface area contributed by atoms with E-state index in [1.54, 1.807) is 0 Å². The van der Waals surface area contributed by atoms with Crippen LogP contribution >= 0.6 is 0 Å². The molecular formula is C36H50N2O2. The first-order valence-electron chi connectivity index (χ1n) is 18.8. The molecule has 4 nitrogen and oxygen atoms in total. The zero-order chi connectivity index (χ0) is 32.5. The van der Waals surface area contributed by atoms with Crippen molar-refractivity contribution in [3.05, 3.63) is 58.7 Å². The van der Waals surface area contributed by atoms with E-state index in [2.05, 4.69) is 36.0 Å². The lowest BCUT2D eigenvalue weighted by Crippen LogP contribution is -2.59. The van der Waals surface area contributed by atoms with Gasteiger partial charge in [0.25, 0.3) is 0 Å². The van der Waals surface area contributed by atoms with Crippen molar-refractivity contribution in [3.8, 4) is 11.5 Å². The van der Waals surface area contributed by atoms with Gasteiger partial charge in [-0.15, -0.1) is 0 Å². The molecule has 2 heterocycles. The van der Waals surface area contributed by atoms with Crippen LogP contribution in [0.3, 0.4) is 0 Å². The van der Waals surface area contributed by atoms with Gasteiger partial charge in [-0.1, -0.05) is 37.8 Å². The highest BCUT2D eigenvalue weighted by Crippen LogP contribution is 2.57. The summed E-state index contributed by atoms with van der Waals surface area (Å²) in [5.41, 5.74) is 6.06. The van der Waals surface area contributed by atoms with Crippen molar-refractivity contribution in [2.75, 3.05) is 41.3 Å². The van der Waals surface area contributed by atoms with Crippen LogP contribution in [-0.2, 0) is 23.7 Å². The molecule has 0 spiro atoms. The van der Waals surface area contributed by atoms with E-state index in [9.17, 15) is 0 Å². The first-order chi connectivity index (χ1) is 21.8. The zero-order valence-corrected chi connectivity index (χ0v) is 24.4. The Labute approximate surface area is 250 Å². The van der Waals surface area contributed by atoms with Crippen LogP contribution in [0.5, 0.6) is 11.5 Å². The predicted octanol–water partition coefficient (Wildman–Crippen LogP) is 6.77. The number of hydrogen-bond acceptors (Lipinski definition) is 4. The van der Waals surface area contributed by atoms with Crippen molar-refractivity contribution in [2.24, 2.45) is 11.8 Å². The number of likely N-dealkylation sites (N-methyl/N-ethyl adjacent to an activating group) is 2. The van der Waals surface area contributed by atoms with Gasteiger partial charge in [-0.05, 0) is 137 Å². The number of nitrogens with zero attached hydrogens (tertiary/aromatic N) is 2. The van der Waals surface area contributed by atoms with Crippen LogP contribution in [0, 0.1) is 11.8 Å². The van der Waals surface area contributed by atoms with Gasteiger partial charge in [0.2, 0.25) is 0 Å². The summed E-state index contributed by atoms with van der Waals surface area (Å²) < 4.78 is 54.5. The van der Waals surface area contributed by atoms with Crippen molar-refractivity contribution < 1.29 is 17.7 Å². The number of hydrogen-bond donors (Lipinski definition) is 0. The maximum atomic E-state index is 7.36. The van der Waals surface area contributed by atoms with Gasteiger partial charge in [-0.25, -0.2) is 0 Å². The van der Waals surface area contributed by atoms with Crippen molar-refractivity contribution in [2.45, 2.75) is 100.0 Å². The second-order valence-corrected chi connectivity index (χ2v) is 13.9. The third-order valence-corrected chi connectivity index (χ3v) is 12.4. The van der Waals surface area contributed by atoms with Crippen molar-refractivity contribution in [3.63, 3.8) is 0 Å². The molecule has 0 aromatic heterocycles. The molecule has 6 atom stereocenters. The van der Waals surface area contributed by atoms with Crippen LogP contribution in [0.4, 0.5) is 0 Å². The average molecular weight is 549 g/mol. The molecule has 2 aliphatic heterocycles. The Hall–Kier alpha value is -2.04. The summed E-state index contributed by atoms with van der Waals surface area (Å²) in [6.45, 7) is 2.29. The number of fused-ring (bicyclic) bond motifs is 2. The molecule has 0 N–H and O–H groups in total. The molecule has 2 saturated carbocycles. The fourth-order valence-corrected chi connectivity index (χ4v) is 10.5. The number of benzene rings is 2. The molecule has 6 aliphatic rings. The summed E-state index contributed by atoms with van der Waals surface area (Å²) in [6.07, 6.45) is 14.9. The Kier molecular flexibility index (Phi) is 5.37. The van der Waals surface area contributed by atoms with Gasteiger partial charge in [0.15, 0.2) is 0 Å². The van der Waals surface area contributed by atoms with E-state index < -0.39 is 14.1 Å². The van der Waals surface area contributed by atoms with Crippen LogP contribution in [0.25, 0.3) is 0 Å². The monoisotopic (exact) mass is 548 g/mol. The number of methoxy groups -OCH3 is 2. The third-order valence-electron chi connectivity index (χ3n) is 12.4. The number of ether oxygens (including phenoxy) is 2. The normalized spacial score (nSPS) is 39.0. The minimum absolute atomic E-state index is 0.247. The van der Waals surface area contributed by atoms with Crippen molar-refractivity contribution in [1.82, 2.24) is 9.80 Å². The SMILES string of the molecule is [2H]C([2H])([2H])Oc1ccc2c(c1)[C@]13CCCC[C@@H]1[C@H](C2)N(C)CC3.[2H]C([2H])([2H])Oc1ccc2c(c1)[C@]13CCCC[C@@H]1[C@H](C2)N(C)CC3. The Morgan fingerprint density at radius 2 is 1.15 bits per heavy atom. The highest BCUT2D eigenvalue weighted by atomic mass is 16.5. The fourth-order valence-electron chi connectivity index (χ4n) is 10.5. The second-order valence-electron chi connectivity index (χ2n) is 13.9. The summed E-state index contributed by atoms with van der Waals surface area (Å²) in [4.78, 5) is 5.09. The standard InChI is InChI=1S/2C18H25NO/c2*1-19-10-9-18-8-4-3-5-15(18)17(19)11-13-6-7-14(20-2)12-16(13)18/h2*6-7,12,15,17H,3-5,8-11H2,1-2H3/t2*15-,17+,18+/m11/s1/i2*2D3. The lowest BCUT2D eigenvalue weighted by atomic mass is 9.52. The number of rotatable bonds is 2. The van der Waals surface area contributed by atoms with E-state index in [0.717, 1.165) is 25.9 Å². The van der Waals surface area contributed by atoms with Crippen LogP contribution in [0.2, 0.25) is 0 Å². The van der Waals surface area contributed by atoms with E-state index in [4.69, 9.17) is 17.7 Å². The van der Waals surface area contributed by atoms with Crippen LogP contribution < -0.4 is 9.47 Å². The largest absolute Gasteiger partial charge is 0.497 e. The molecule has 4 heteroatoms. The molecular weight excluding hydrogens is 492 g/mol. The zero-order valence-electron chi connectivity index (χ0n) is 30.4. The molecule has 4 aliphatic carbocycles. The maximum absolute atomic E-state index is 7.36. The van der Waals surface area contributed by atoms with Crippen LogP contribution in [0.15, 0.2) is 36.4 Å². The van der Waals surface area contributed by atoms with Crippen molar-refractivity contribution in [1.29, 1.82) is 0 Å². The first kappa shape index (κ1) is 20.8. The summed E-state index contributed by atoms with van der Waals surface area (Å²) in [7, 11) is -0.218. The third kappa shape index (κ3) is 4.07. The molecule has 2 saturated heterocycles. The lowest BCUT2D eigenvalue weighted by Gasteiger charge is -2.58. The van der Waals surface area contributed by atoms with Crippen molar-refractivity contribution >= 4 is 0 Å². The van der Waals surface area contributed by atoms with Crippen LogP contribution in [0.1, 0.15) is 94.7 Å². The predicted molar refractivity (Wildman–Crippen MR) is 163 cm³/mol. The summed E-state index contributed by atoms with van der Waals surface area (Å²) in [5.74, 6) is 2.43. The van der Waals surface area contributed by atoms with Gasteiger partial charge in [-0.2, -0.15) is 0 Å². The Morgan fingerprint density at radius 1 is 0.675 bits per heavy atom. The van der Waals surface area contributed by atoms with Crippen LogP contribution in [-0.4, -0.2) is 63.1 Å². The van der Waals surface area contributed by atoms with E-state index in [1.807, 2.05) is 24.3 Å². The lowest BCUT2D eigenvalue weighted by molar-refractivity contribution is 0.00272. The van der Waals surface area contributed by atoms with Gasteiger partial charge in [0.1, 0.15) is 11.5 Å². The van der Waals surface area contributed by atoms with Gasteiger partial charge in [0.05, 0.1) is 22.3 Å². The fraction of sp³-hybridized carbons (Fsp3) is 0.667. The highest BCUT2D eigenvalue weighted by molar-refractivity contribution is 5.47. The van der Waals surface area contributed by atoms with E-state index in [0.29, 0.717) is 35.4 Å². The quantitative estimate of drug-likeness (QED) is 0.414. The maximum Gasteiger partial charge on any atom is 0.119 e. The van der Waals surface area contributed by atoms with E-state index >= 15 is 0 Å². The minimum atomic E-state index is -2.37. The van der Waals surface area contributed by atoms with Gasteiger partial charge < -0.3 is 19.3 Å². The first-order valence-corrected chi connectivity index (χ1v) is 15.8. The molecule has 0 radical (unpaired) electrons. The van der Waals surface area contributed by atoms with E-state index in [1.165, 1.54) is 86.5 Å². The average Bonchev–Trinajstić information content (AvgIpc) is 3.00. The minimum Gasteiger partial charge on any atom is -0.497 e. The topological polar surface area (TPSA) is 24.9 Å². The summed E-state index contributed by atoms with van der Waals surface area (Å²) in [6, 6.07) is 13.3.